The molecule has 0 bridgehead atoms. The van der Waals surface area contributed by atoms with E-state index < -0.39 is 74.0 Å². The van der Waals surface area contributed by atoms with Gasteiger partial charge >= 0.3 is 75.7 Å². The molecule has 10 aliphatic carbocycles. The van der Waals surface area contributed by atoms with Crippen LogP contribution in [0.25, 0.3) is 0 Å². The van der Waals surface area contributed by atoms with Gasteiger partial charge in [-0.1, -0.05) is 389 Å². The first-order chi connectivity index (χ1) is 48.7. The Bertz CT molecular complexity index is 3810. The van der Waals surface area contributed by atoms with E-state index in [9.17, 15) is 0 Å². The SMILES string of the molecule is C=CCC[Si](C)(C)C1CC([Si](c2ccccc2)(c2ccccc2)C2C3C=C(C(C)(C)C)C=CC3C3C=CC(C(C)(C)C)=CC32)C2C=CC=CC21.C=CC[Si](C)(C)C1CC([Si](c2ccccc2)(c2ccccc2)C2C3C=C(C)C=CC3C3C=CC(C(C)(C)C)=CC32)C2C=CC=CC21.[CH3-].[CH3-].[CH3-].[CH3-].[Cl][Zr+2][Cl].[Cl][Zr+2][Cl]. The molecule has 106 heavy (non-hydrogen) atoms. The van der Waals surface area contributed by atoms with Gasteiger partial charge in [0.15, 0.2) is 0 Å². The number of benzene rings is 4. The van der Waals surface area contributed by atoms with Crippen molar-refractivity contribution in [2.24, 2.45) is 87.3 Å². The van der Waals surface area contributed by atoms with Crippen LogP contribution in [0.15, 0.2) is 290 Å². The number of hydrogen-bond donors (Lipinski definition) is 0. The summed E-state index contributed by atoms with van der Waals surface area (Å²) in [6, 6.07) is 50.9. The number of rotatable bonds is 15. The molecule has 17 atom stereocenters. The molecule has 564 valence electrons. The monoisotopic (exact) mass is 1710 g/mol. The first-order valence-electron chi connectivity index (χ1n) is 38.3. The van der Waals surface area contributed by atoms with Crippen LogP contribution < -0.4 is 20.7 Å². The zero-order valence-electron chi connectivity index (χ0n) is 67.6. The Morgan fingerprint density at radius 2 is 0.642 bits per heavy atom. The molecule has 17 unspecified atom stereocenters. The zero-order valence-corrected chi connectivity index (χ0v) is 79.5. The van der Waals surface area contributed by atoms with Gasteiger partial charge in [0.1, 0.15) is 16.1 Å². The average molecular weight is 1720 g/mol. The molecule has 0 saturated heterocycles. The third kappa shape index (κ3) is 17.8. The van der Waals surface area contributed by atoms with E-state index in [2.05, 4.69) is 364 Å². The van der Waals surface area contributed by atoms with Crippen LogP contribution in [0.2, 0.25) is 71.5 Å². The minimum atomic E-state index is -2.58. The summed E-state index contributed by atoms with van der Waals surface area (Å²) < 4.78 is 0. The number of allylic oxidation sites excluding steroid dienone is 26. The van der Waals surface area contributed by atoms with Crippen LogP contribution in [0, 0.1) is 117 Å². The maximum absolute atomic E-state index is 4.93. The standard InChI is InChI=1S/C48H62Si2.C44H54Si2.4CH3.4ClH.2Zr/c1-10-11-30-49(8,9)44-33-45(41-25-19-18-24-40(41)44)50(36-20-14-12-15-21-36,37-22-16-13-17-23-37)46-42-31-34(47(2,3)4)26-28-38(42)39-29-27-35(32-43(39)46)48(5,6)7;1-8-27-45(6,7)41-30-42(38-22-16-15-21-37(38)41)46(33-17-11-9-12-18-33,34-19-13-10-14-20-34)43-39-28-31(2)23-25-35(39)36-26-24-32(29-40(36)43)44(3,4)5;;;;;;;;;;/h10,12-29,31-32,38-46H,1,11,30,33H2,2-9H3;8-26,28-29,35-43H,1,27,30H2,2-7H3;4*1H3;4*1H;;/q;;4*-1;;;;;2*+4/p-4. The molecule has 0 aromatic heterocycles. The fourth-order valence-electron chi connectivity index (χ4n) is 22.4. The molecule has 0 aliphatic heterocycles. The van der Waals surface area contributed by atoms with Crippen LogP contribution in [-0.4, -0.2) is 32.3 Å². The molecule has 0 heterocycles. The van der Waals surface area contributed by atoms with Crippen molar-refractivity contribution >= 4 is 87.1 Å². The van der Waals surface area contributed by atoms with E-state index in [1.165, 1.54) is 47.2 Å². The van der Waals surface area contributed by atoms with Crippen LogP contribution in [0.1, 0.15) is 88.5 Å². The normalized spacial score (nSPS) is 29.6. The predicted octanol–water partition coefficient (Wildman–Crippen LogP) is 27.1. The molecule has 0 spiro atoms. The molecule has 10 aliphatic rings. The van der Waals surface area contributed by atoms with Crippen molar-refractivity contribution in [2.45, 2.75) is 160 Å². The van der Waals surface area contributed by atoms with Crippen molar-refractivity contribution in [1.29, 1.82) is 0 Å². The van der Waals surface area contributed by atoms with E-state index in [0.717, 1.165) is 17.5 Å². The van der Waals surface area contributed by atoms with Crippen molar-refractivity contribution in [2.75, 3.05) is 0 Å². The van der Waals surface area contributed by atoms with Gasteiger partial charge in [-0.15, -0.1) is 13.2 Å². The second-order valence-corrected chi connectivity index (χ2v) is 62.4. The van der Waals surface area contributed by atoms with Gasteiger partial charge in [-0.25, -0.2) is 0 Å². The Morgan fingerprint density at radius 3 is 0.925 bits per heavy atom. The van der Waals surface area contributed by atoms with Gasteiger partial charge in [0.25, 0.3) is 0 Å². The molecule has 4 aromatic rings. The van der Waals surface area contributed by atoms with Gasteiger partial charge in [-0.3, -0.25) is 0 Å². The van der Waals surface area contributed by atoms with Crippen molar-refractivity contribution in [3.05, 3.63) is 320 Å². The molecule has 4 saturated carbocycles. The number of fused-ring (bicyclic) bond motifs is 8. The topological polar surface area (TPSA) is 0 Å². The summed E-state index contributed by atoms with van der Waals surface area (Å²) in [7, 11) is 11.5. The molecular formula is C96H128Cl4Si4Zr2. The van der Waals surface area contributed by atoms with Crippen LogP contribution in [0.5, 0.6) is 0 Å². The molecule has 10 heteroatoms. The summed E-state index contributed by atoms with van der Waals surface area (Å²) in [5.74, 6) is 6.60. The minimum absolute atomic E-state index is 0. The van der Waals surface area contributed by atoms with Gasteiger partial charge in [-0.05, 0) is 157 Å². The molecular weight excluding hydrogens is 1590 g/mol. The van der Waals surface area contributed by atoms with E-state index in [-0.39, 0.29) is 46.0 Å². The Hall–Kier alpha value is -2.97. The summed E-state index contributed by atoms with van der Waals surface area (Å²) in [4.78, 5) is 0. The first kappa shape index (κ1) is 90.2. The zero-order chi connectivity index (χ0) is 73.2. The van der Waals surface area contributed by atoms with Crippen molar-refractivity contribution in [3.63, 3.8) is 0 Å². The Morgan fingerprint density at radius 1 is 0.368 bits per heavy atom. The number of hydrogen-bond acceptors (Lipinski definition) is 0. The van der Waals surface area contributed by atoms with Gasteiger partial charge in [0.2, 0.25) is 0 Å². The third-order valence-electron chi connectivity index (χ3n) is 26.8. The molecule has 0 amide bonds. The number of halogens is 4. The van der Waals surface area contributed by atoms with Gasteiger partial charge in [0.05, 0.1) is 16.1 Å². The second kappa shape index (κ2) is 37.8. The quantitative estimate of drug-likeness (QED) is 0.0632. The van der Waals surface area contributed by atoms with E-state index >= 15 is 0 Å². The van der Waals surface area contributed by atoms with Crippen molar-refractivity contribution < 1.29 is 41.7 Å². The Balaban J connectivity index is 0.000000267. The first-order valence-corrected chi connectivity index (χ1v) is 61.9. The maximum atomic E-state index is 4.93. The summed E-state index contributed by atoms with van der Waals surface area (Å²) >= 11 is -1.65. The fourth-order valence-corrected chi connectivity index (χ4v) is 44.5. The summed E-state index contributed by atoms with van der Waals surface area (Å²) in [6.45, 7) is 43.2. The van der Waals surface area contributed by atoms with Crippen LogP contribution in [-0.2, 0) is 41.7 Å². The summed E-state index contributed by atoms with van der Waals surface area (Å²) in [5.41, 5.74) is 10.3. The van der Waals surface area contributed by atoms with Crippen LogP contribution in [0.3, 0.4) is 0 Å². The van der Waals surface area contributed by atoms with Crippen molar-refractivity contribution in [3.8, 4) is 0 Å². The molecule has 0 nitrogen and oxygen atoms in total. The van der Waals surface area contributed by atoms with Gasteiger partial charge < -0.3 is 29.7 Å². The van der Waals surface area contributed by atoms with E-state index in [0.29, 0.717) is 93.2 Å². The van der Waals surface area contributed by atoms with Crippen LogP contribution in [0.4, 0.5) is 0 Å². The third-order valence-corrected chi connectivity index (χ3v) is 47.3. The molecule has 0 N–H and O–H groups in total. The van der Waals surface area contributed by atoms with E-state index in [1.807, 2.05) is 0 Å². The van der Waals surface area contributed by atoms with E-state index in [4.69, 9.17) is 34.1 Å². The van der Waals surface area contributed by atoms with Gasteiger partial charge in [-0.2, -0.15) is 0 Å². The van der Waals surface area contributed by atoms with Gasteiger partial charge in [0, 0.05) is 0 Å². The van der Waals surface area contributed by atoms with E-state index in [1.54, 1.807) is 20.7 Å². The Kier molecular flexibility index (Phi) is 32.2. The predicted molar refractivity (Wildman–Crippen MR) is 478 cm³/mol. The molecule has 14 rings (SSSR count). The Labute approximate surface area is 689 Å². The van der Waals surface area contributed by atoms with Crippen molar-refractivity contribution in [1.82, 2.24) is 0 Å². The van der Waals surface area contributed by atoms with Crippen LogP contribution >= 0.6 is 34.1 Å². The molecule has 4 fully saturated rings. The molecule has 0 radical (unpaired) electrons. The second-order valence-electron chi connectivity index (χ2n) is 36.0. The fraction of sp³-hybridized carbons (Fsp3) is 0.417. The average Bonchev–Trinajstić information content (AvgIpc) is 1.51. The summed E-state index contributed by atoms with van der Waals surface area (Å²) in [6.07, 6.45) is 60.0. The molecule has 4 aromatic carbocycles. The summed E-state index contributed by atoms with van der Waals surface area (Å²) in [5, 5.41) is 6.63.